The van der Waals surface area contributed by atoms with E-state index in [0.29, 0.717) is 10.8 Å². The van der Waals surface area contributed by atoms with Crippen LogP contribution in [0.25, 0.3) is 0 Å². The van der Waals surface area contributed by atoms with E-state index < -0.39 is 5.91 Å². The number of carbonyl (C=O) groups excluding carboxylic acids is 1. The molecule has 1 aliphatic carbocycles. The first-order valence-electron chi connectivity index (χ1n) is 6.08. The molecule has 1 aliphatic rings. The second-order valence-electron chi connectivity index (χ2n) is 4.64. The molecule has 0 saturated heterocycles. The van der Waals surface area contributed by atoms with Crippen LogP contribution in [0.5, 0.6) is 5.75 Å². The van der Waals surface area contributed by atoms with Crippen LogP contribution >= 0.6 is 11.6 Å². The molecule has 0 radical (unpaired) electrons. The lowest BCUT2D eigenvalue weighted by Crippen LogP contribution is -2.34. The number of hydrogen-bond donors (Lipinski definition) is 2. The highest BCUT2D eigenvalue weighted by Gasteiger charge is 2.23. The summed E-state index contributed by atoms with van der Waals surface area (Å²) >= 11 is 5.97. The van der Waals surface area contributed by atoms with Gasteiger partial charge in [0.05, 0.1) is 10.6 Å². The molecule has 4 N–H and O–H groups in total. The fourth-order valence-corrected chi connectivity index (χ4v) is 2.57. The van der Waals surface area contributed by atoms with Gasteiger partial charge in [-0.2, -0.15) is 0 Å². The van der Waals surface area contributed by atoms with Crippen molar-refractivity contribution >= 4 is 17.5 Å². The first-order valence-corrected chi connectivity index (χ1v) is 6.46. The molecule has 5 heteroatoms. The van der Waals surface area contributed by atoms with Crippen LogP contribution in [0.4, 0.5) is 0 Å². The quantitative estimate of drug-likeness (QED) is 0.881. The molecule has 0 spiro atoms. The van der Waals surface area contributed by atoms with Gasteiger partial charge < -0.3 is 16.2 Å². The molecule has 1 fully saturated rings. The maximum Gasteiger partial charge on any atom is 0.253 e. The number of benzene rings is 1. The Balaban J connectivity index is 2.18. The molecule has 2 atom stereocenters. The molecular formula is C13H17ClN2O2. The second-order valence-corrected chi connectivity index (χ2v) is 5.05. The Bertz CT molecular complexity index is 451. The maximum atomic E-state index is 11.4. The van der Waals surface area contributed by atoms with Gasteiger partial charge in [0.2, 0.25) is 0 Å². The minimum Gasteiger partial charge on any atom is -0.489 e. The average molecular weight is 269 g/mol. The normalized spacial score (nSPS) is 23.7. The van der Waals surface area contributed by atoms with Crippen molar-refractivity contribution < 1.29 is 9.53 Å². The van der Waals surface area contributed by atoms with Crippen molar-refractivity contribution in [1.82, 2.24) is 0 Å². The third-order valence-corrected chi connectivity index (χ3v) is 3.50. The van der Waals surface area contributed by atoms with Crippen molar-refractivity contribution in [1.29, 1.82) is 0 Å². The molecule has 2 unspecified atom stereocenters. The Morgan fingerprint density at radius 3 is 2.83 bits per heavy atom. The summed E-state index contributed by atoms with van der Waals surface area (Å²) in [5.74, 6) is -0.121. The standard InChI is InChI=1S/C13H17ClN2O2/c14-10-5-2-6-11(12(10)13(16)17)18-9-4-1-3-8(15)7-9/h2,5-6,8-9H,1,3-4,7,15H2,(H2,16,17). The van der Waals surface area contributed by atoms with Gasteiger partial charge in [-0.05, 0) is 37.8 Å². The van der Waals surface area contributed by atoms with Crippen molar-refractivity contribution in [3.8, 4) is 5.75 Å². The number of carbonyl (C=O) groups is 1. The molecule has 0 aliphatic heterocycles. The SMILES string of the molecule is NC(=O)c1c(Cl)cccc1OC1CCCC(N)C1. The van der Waals surface area contributed by atoms with Gasteiger partial charge in [0.15, 0.2) is 0 Å². The van der Waals surface area contributed by atoms with E-state index in [-0.39, 0.29) is 17.7 Å². The van der Waals surface area contributed by atoms with Gasteiger partial charge in [0.25, 0.3) is 5.91 Å². The number of ether oxygens (including phenoxy) is 1. The molecule has 0 heterocycles. The monoisotopic (exact) mass is 268 g/mol. The fraction of sp³-hybridized carbons (Fsp3) is 0.462. The number of amides is 1. The van der Waals surface area contributed by atoms with E-state index in [1.54, 1.807) is 18.2 Å². The molecule has 2 rings (SSSR count). The predicted octanol–water partition coefficient (Wildman–Crippen LogP) is 2.09. The van der Waals surface area contributed by atoms with E-state index in [9.17, 15) is 4.79 Å². The van der Waals surface area contributed by atoms with Gasteiger partial charge in [-0.1, -0.05) is 17.7 Å². The number of primary amides is 1. The first kappa shape index (κ1) is 13.2. The van der Waals surface area contributed by atoms with E-state index in [2.05, 4.69) is 0 Å². The van der Waals surface area contributed by atoms with Crippen LogP contribution in [0, 0.1) is 0 Å². The molecule has 1 aromatic carbocycles. The van der Waals surface area contributed by atoms with Crippen LogP contribution < -0.4 is 16.2 Å². The molecule has 0 bridgehead atoms. The topological polar surface area (TPSA) is 78.3 Å². The van der Waals surface area contributed by atoms with Crippen LogP contribution in [0.2, 0.25) is 5.02 Å². The Hall–Kier alpha value is -1.26. The fourth-order valence-electron chi connectivity index (χ4n) is 2.31. The van der Waals surface area contributed by atoms with E-state index in [1.165, 1.54) is 0 Å². The van der Waals surface area contributed by atoms with Crippen molar-refractivity contribution in [3.05, 3.63) is 28.8 Å². The lowest BCUT2D eigenvalue weighted by Gasteiger charge is -2.27. The minimum atomic E-state index is -0.573. The van der Waals surface area contributed by atoms with E-state index in [1.807, 2.05) is 0 Å². The van der Waals surface area contributed by atoms with Gasteiger partial charge >= 0.3 is 0 Å². The summed E-state index contributed by atoms with van der Waals surface area (Å²) in [5, 5.41) is 0.320. The third kappa shape index (κ3) is 2.94. The zero-order valence-electron chi connectivity index (χ0n) is 10.1. The lowest BCUT2D eigenvalue weighted by atomic mass is 9.93. The Morgan fingerprint density at radius 2 is 2.17 bits per heavy atom. The zero-order chi connectivity index (χ0) is 13.1. The van der Waals surface area contributed by atoms with Gasteiger partial charge in [-0.15, -0.1) is 0 Å². The Morgan fingerprint density at radius 1 is 1.39 bits per heavy atom. The average Bonchev–Trinajstić information content (AvgIpc) is 2.28. The van der Waals surface area contributed by atoms with Gasteiger partial charge in [-0.3, -0.25) is 4.79 Å². The summed E-state index contributed by atoms with van der Waals surface area (Å²) in [7, 11) is 0. The van der Waals surface area contributed by atoms with Crippen LogP contribution in [0.1, 0.15) is 36.0 Å². The van der Waals surface area contributed by atoms with Crippen molar-refractivity contribution in [3.63, 3.8) is 0 Å². The van der Waals surface area contributed by atoms with Crippen LogP contribution in [0.15, 0.2) is 18.2 Å². The predicted molar refractivity (Wildman–Crippen MR) is 70.8 cm³/mol. The number of rotatable bonds is 3. The zero-order valence-corrected chi connectivity index (χ0v) is 10.8. The van der Waals surface area contributed by atoms with Crippen molar-refractivity contribution in [2.24, 2.45) is 11.5 Å². The van der Waals surface area contributed by atoms with Gasteiger partial charge in [0, 0.05) is 6.04 Å². The van der Waals surface area contributed by atoms with Gasteiger partial charge in [0.1, 0.15) is 11.9 Å². The molecule has 1 aromatic rings. The van der Waals surface area contributed by atoms with Crippen LogP contribution in [-0.2, 0) is 0 Å². The molecule has 1 saturated carbocycles. The number of nitrogens with two attached hydrogens (primary N) is 2. The molecule has 98 valence electrons. The maximum absolute atomic E-state index is 11.4. The Labute approximate surface area is 111 Å². The summed E-state index contributed by atoms with van der Waals surface area (Å²) in [4.78, 5) is 11.4. The lowest BCUT2D eigenvalue weighted by molar-refractivity contribution is 0.0986. The van der Waals surface area contributed by atoms with E-state index in [0.717, 1.165) is 25.7 Å². The third-order valence-electron chi connectivity index (χ3n) is 3.18. The summed E-state index contributed by atoms with van der Waals surface area (Å²) in [5.41, 5.74) is 11.5. The highest BCUT2D eigenvalue weighted by Crippen LogP contribution is 2.29. The second kappa shape index (κ2) is 5.59. The highest BCUT2D eigenvalue weighted by molar-refractivity contribution is 6.34. The highest BCUT2D eigenvalue weighted by atomic mass is 35.5. The number of halogens is 1. The number of hydrogen-bond acceptors (Lipinski definition) is 3. The Kier molecular flexibility index (Phi) is 4.09. The van der Waals surface area contributed by atoms with Crippen molar-refractivity contribution in [2.45, 2.75) is 37.8 Å². The van der Waals surface area contributed by atoms with Crippen molar-refractivity contribution in [2.75, 3.05) is 0 Å². The molecule has 18 heavy (non-hydrogen) atoms. The summed E-state index contributed by atoms with van der Waals surface area (Å²) in [6.07, 6.45) is 3.84. The largest absolute Gasteiger partial charge is 0.489 e. The summed E-state index contributed by atoms with van der Waals surface area (Å²) in [6.45, 7) is 0. The van der Waals surface area contributed by atoms with Crippen LogP contribution in [0.3, 0.4) is 0 Å². The van der Waals surface area contributed by atoms with Gasteiger partial charge in [-0.25, -0.2) is 0 Å². The van der Waals surface area contributed by atoms with Crippen LogP contribution in [-0.4, -0.2) is 18.1 Å². The van der Waals surface area contributed by atoms with E-state index in [4.69, 9.17) is 27.8 Å². The molecule has 4 nitrogen and oxygen atoms in total. The first-order chi connectivity index (χ1) is 8.58. The molecular weight excluding hydrogens is 252 g/mol. The minimum absolute atomic E-state index is 0.0327. The molecule has 1 amide bonds. The summed E-state index contributed by atoms with van der Waals surface area (Å²) in [6, 6.07) is 5.25. The van der Waals surface area contributed by atoms with E-state index >= 15 is 0 Å². The smallest absolute Gasteiger partial charge is 0.253 e. The summed E-state index contributed by atoms with van der Waals surface area (Å²) < 4.78 is 5.83. The molecule has 0 aromatic heterocycles.